The minimum atomic E-state index is 0.500. The lowest BCUT2D eigenvalue weighted by Crippen LogP contribution is -2.35. The Kier molecular flexibility index (Phi) is 4.66. The Labute approximate surface area is 101 Å². The molecule has 0 bridgehead atoms. The van der Waals surface area contributed by atoms with Crippen molar-refractivity contribution in [3.8, 4) is 0 Å². The van der Waals surface area contributed by atoms with Gasteiger partial charge in [0.1, 0.15) is 0 Å². The summed E-state index contributed by atoms with van der Waals surface area (Å²) in [5, 5.41) is 0. The Morgan fingerprint density at radius 2 is 1.75 bits per heavy atom. The van der Waals surface area contributed by atoms with Crippen LogP contribution in [0.5, 0.6) is 0 Å². The molecule has 2 N–H and O–H groups in total. The summed E-state index contributed by atoms with van der Waals surface area (Å²) in [6, 6.07) is 0.500. The largest absolute Gasteiger partial charge is 0.328 e. The molecule has 0 spiro atoms. The van der Waals surface area contributed by atoms with Gasteiger partial charge in [-0.05, 0) is 69.9 Å². The van der Waals surface area contributed by atoms with Crippen LogP contribution in [-0.2, 0) is 0 Å². The third-order valence-electron chi connectivity index (χ3n) is 4.52. The molecule has 1 unspecified atom stereocenters. The first-order chi connectivity index (χ1) is 7.74. The summed E-state index contributed by atoms with van der Waals surface area (Å²) in [5.41, 5.74) is 5.96. The van der Waals surface area contributed by atoms with Crippen LogP contribution in [0.25, 0.3) is 0 Å². The van der Waals surface area contributed by atoms with E-state index in [2.05, 4.69) is 11.8 Å². The lowest BCUT2D eigenvalue weighted by molar-refractivity contribution is 0.198. The normalized spacial score (nSPS) is 38.2. The van der Waals surface area contributed by atoms with Crippen LogP contribution in [0.2, 0.25) is 0 Å². The predicted octanol–water partition coefficient (Wildman–Crippen LogP) is 2.63. The maximum Gasteiger partial charge on any atom is 0.00390 e. The van der Waals surface area contributed by atoms with Gasteiger partial charge in [-0.3, -0.25) is 0 Å². The van der Waals surface area contributed by atoms with E-state index >= 15 is 0 Å². The van der Waals surface area contributed by atoms with Crippen molar-refractivity contribution >= 4 is 0 Å². The molecule has 94 valence electrons. The molecule has 1 saturated heterocycles. The summed E-state index contributed by atoms with van der Waals surface area (Å²) in [4.78, 5) is 2.71. The van der Waals surface area contributed by atoms with E-state index in [1.165, 1.54) is 64.6 Å². The van der Waals surface area contributed by atoms with Crippen LogP contribution in [0, 0.1) is 11.8 Å². The molecule has 0 aromatic heterocycles. The maximum absolute atomic E-state index is 5.96. The maximum atomic E-state index is 5.96. The van der Waals surface area contributed by atoms with Crippen molar-refractivity contribution in [2.75, 3.05) is 19.6 Å². The van der Waals surface area contributed by atoms with Crippen molar-refractivity contribution in [2.45, 2.75) is 57.9 Å². The highest BCUT2D eigenvalue weighted by atomic mass is 15.1. The number of hydrogen-bond acceptors (Lipinski definition) is 2. The molecule has 1 heterocycles. The first-order valence-corrected chi connectivity index (χ1v) is 7.22. The van der Waals surface area contributed by atoms with Crippen LogP contribution in [0.4, 0.5) is 0 Å². The molecule has 1 aliphatic heterocycles. The molecule has 2 rings (SSSR count). The first kappa shape index (κ1) is 12.4. The minimum absolute atomic E-state index is 0.500. The van der Waals surface area contributed by atoms with Gasteiger partial charge in [-0.1, -0.05) is 6.92 Å². The third-order valence-corrected chi connectivity index (χ3v) is 4.52. The molecule has 0 aromatic rings. The lowest BCUT2D eigenvalue weighted by Gasteiger charge is -2.31. The third kappa shape index (κ3) is 3.74. The van der Waals surface area contributed by atoms with E-state index in [1.807, 2.05) is 0 Å². The van der Waals surface area contributed by atoms with Crippen LogP contribution in [0.3, 0.4) is 0 Å². The van der Waals surface area contributed by atoms with Crippen molar-refractivity contribution in [3.05, 3.63) is 0 Å². The smallest absolute Gasteiger partial charge is 0.00390 e. The van der Waals surface area contributed by atoms with Crippen molar-refractivity contribution in [1.82, 2.24) is 4.90 Å². The number of hydrogen-bond donors (Lipinski definition) is 1. The van der Waals surface area contributed by atoms with Crippen molar-refractivity contribution in [1.29, 1.82) is 0 Å². The zero-order valence-electron chi connectivity index (χ0n) is 10.8. The van der Waals surface area contributed by atoms with E-state index in [0.29, 0.717) is 6.04 Å². The number of nitrogens with zero attached hydrogens (tertiary/aromatic N) is 1. The summed E-state index contributed by atoms with van der Waals surface area (Å²) in [6.07, 6.45) is 9.51. The van der Waals surface area contributed by atoms with Gasteiger partial charge in [-0.25, -0.2) is 0 Å². The van der Waals surface area contributed by atoms with E-state index in [4.69, 9.17) is 5.73 Å². The van der Waals surface area contributed by atoms with E-state index in [1.54, 1.807) is 0 Å². The SMILES string of the molecule is CC1CCCN(CC2CCC(N)CC2)CC1. The standard InChI is InChI=1S/C14H28N2/c1-12-3-2-9-16(10-8-12)11-13-4-6-14(15)7-5-13/h12-14H,2-11,15H2,1H3. The fraction of sp³-hybridized carbons (Fsp3) is 1.00. The Morgan fingerprint density at radius 1 is 1.00 bits per heavy atom. The molecule has 1 aliphatic carbocycles. The molecule has 1 atom stereocenters. The molecule has 2 nitrogen and oxygen atoms in total. The molecule has 16 heavy (non-hydrogen) atoms. The second kappa shape index (κ2) is 6.02. The minimum Gasteiger partial charge on any atom is -0.328 e. The van der Waals surface area contributed by atoms with Gasteiger partial charge in [-0.2, -0.15) is 0 Å². The van der Waals surface area contributed by atoms with Crippen molar-refractivity contribution in [3.63, 3.8) is 0 Å². The fourth-order valence-corrected chi connectivity index (χ4v) is 3.24. The van der Waals surface area contributed by atoms with E-state index in [-0.39, 0.29) is 0 Å². The Balaban J connectivity index is 1.72. The van der Waals surface area contributed by atoms with Gasteiger partial charge < -0.3 is 10.6 Å². The van der Waals surface area contributed by atoms with Crippen LogP contribution < -0.4 is 5.73 Å². The van der Waals surface area contributed by atoms with E-state index in [9.17, 15) is 0 Å². The zero-order valence-corrected chi connectivity index (χ0v) is 10.8. The summed E-state index contributed by atoms with van der Waals surface area (Å²) in [5.74, 6) is 1.89. The number of likely N-dealkylation sites (tertiary alicyclic amines) is 1. The van der Waals surface area contributed by atoms with Gasteiger partial charge in [0, 0.05) is 12.6 Å². The Morgan fingerprint density at radius 3 is 2.50 bits per heavy atom. The van der Waals surface area contributed by atoms with Crippen LogP contribution >= 0.6 is 0 Å². The summed E-state index contributed by atoms with van der Waals surface area (Å²) < 4.78 is 0. The predicted molar refractivity (Wildman–Crippen MR) is 69.4 cm³/mol. The quantitative estimate of drug-likeness (QED) is 0.781. The molecule has 0 amide bonds. The summed E-state index contributed by atoms with van der Waals surface area (Å²) in [6.45, 7) is 6.43. The average Bonchev–Trinajstić information content (AvgIpc) is 2.47. The molecular weight excluding hydrogens is 196 g/mol. The van der Waals surface area contributed by atoms with Crippen LogP contribution in [-0.4, -0.2) is 30.6 Å². The second-order valence-electron chi connectivity index (χ2n) is 6.12. The van der Waals surface area contributed by atoms with Gasteiger partial charge in [-0.15, -0.1) is 0 Å². The topological polar surface area (TPSA) is 29.3 Å². The van der Waals surface area contributed by atoms with Crippen LogP contribution in [0.1, 0.15) is 51.9 Å². The molecule has 1 saturated carbocycles. The second-order valence-corrected chi connectivity index (χ2v) is 6.12. The van der Waals surface area contributed by atoms with E-state index < -0.39 is 0 Å². The van der Waals surface area contributed by atoms with Gasteiger partial charge in [0.25, 0.3) is 0 Å². The molecule has 2 aliphatic rings. The molecular formula is C14H28N2. The van der Waals surface area contributed by atoms with Gasteiger partial charge >= 0.3 is 0 Å². The average molecular weight is 224 g/mol. The monoisotopic (exact) mass is 224 g/mol. The highest BCUT2D eigenvalue weighted by Crippen LogP contribution is 2.25. The Hall–Kier alpha value is -0.0800. The van der Waals surface area contributed by atoms with Gasteiger partial charge in [0.05, 0.1) is 0 Å². The van der Waals surface area contributed by atoms with Gasteiger partial charge in [0.15, 0.2) is 0 Å². The summed E-state index contributed by atoms with van der Waals surface area (Å²) >= 11 is 0. The highest BCUT2D eigenvalue weighted by molar-refractivity contribution is 4.78. The van der Waals surface area contributed by atoms with Crippen molar-refractivity contribution < 1.29 is 0 Å². The molecule has 0 radical (unpaired) electrons. The Bertz CT molecular complexity index is 197. The van der Waals surface area contributed by atoms with E-state index in [0.717, 1.165) is 11.8 Å². The zero-order chi connectivity index (χ0) is 11.4. The lowest BCUT2D eigenvalue weighted by atomic mass is 9.86. The molecule has 2 fully saturated rings. The molecule has 2 heteroatoms. The molecule has 0 aromatic carbocycles. The highest BCUT2D eigenvalue weighted by Gasteiger charge is 2.22. The first-order valence-electron chi connectivity index (χ1n) is 7.22. The van der Waals surface area contributed by atoms with Gasteiger partial charge in [0.2, 0.25) is 0 Å². The number of nitrogens with two attached hydrogens (primary N) is 1. The van der Waals surface area contributed by atoms with Crippen molar-refractivity contribution in [2.24, 2.45) is 17.6 Å². The van der Waals surface area contributed by atoms with Crippen LogP contribution in [0.15, 0.2) is 0 Å². The fourth-order valence-electron chi connectivity index (χ4n) is 3.24. The summed E-state index contributed by atoms with van der Waals surface area (Å²) in [7, 11) is 0. The number of rotatable bonds is 2.